The molecule has 0 unspecified atom stereocenters. The molecule has 2 rings (SSSR count). The summed E-state index contributed by atoms with van der Waals surface area (Å²) in [6.07, 6.45) is 0.761. The van der Waals surface area contributed by atoms with Gasteiger partial charge in [0.25, 0.3) is 0 Å². The van der Waals surface area contributed by atoms with Crippen molar-refractivity contribution in [2.45, 2.75) is 0 Å². The van der Waals surface area contributed by atoms with Gasteiger partial charge in [-0.1, -0.05) is 18.2 Å². The Balaban J connectivity index is 2.56. The predicted molar refractivity (Wildman–Crippen MR) is 63.6 cm³/mol. The summed E-state index contributed by atoms with van der Waals surface area (Å²) in [4.78, 5) is 10.7. The van der Waals surface area contributed by atoms with Gasteiger partial charge in [0.2, 0.25) is 0 Å². The van der Waals surface area contributed by atoms with E-state index < -0.39 is 0 Å². The van der Waals surface area contributed by atoms with Crippen molar-refractivity contribution in [1.82, 2.24) is 0 Å². The van der Waals surface area contributed by atoms with Gasteiger partial charge in [-0.25, -0.2) is 0 Å². The predicted octanol–water partition coefficient (Wildman–Crippen LogP) is 2.74. The number of phenolic OH excluding ortho intramolecular Hbond substituents is 1. The Bertz CT molecular complexity index is 612. The highest BCUT2D eigenvalue weighted by Gasteiger charge is 2.03. The molecule has 82 valence electrons. The number of phenols is 1. The molecule has 0 aliphatic heterocycles. The molecular weight excluding hydrogens is 214 g/mol. The minimum atomic E-state index is 0.0376. The zero-order valence-electron chi connectivity index (χ0n) is 8.92. The van der Waals surface area contributed by atoms with Crippen molar-refractivity contribution in [2.24, 2.45) is 0 Å². The normalized spacial score (nSPS) is 9.59. The van der Waals surface area contributed by atoms with Gasteiger partial charge in [0, 0.05) is 5.56 Å². The number of aromatic hydroxyl groups is 1. The van der Waals surface area contributed by atoms with E-state index >= 15 is 0 Å². The first-order valence-electron chi connectivity index (χ1n) is 5.03. The van der Waals surface area contributed by atoms with Crippen molar-refractivity contribution in [3.05, 3.63) is 53.6 Å². The van der Waals surface area contributed by atoms with Crippen LogP contribution in [0.25, 0.3) is 11.1 Å². The van der Waals surface area contributed by atoms with E-state index in [9.17, 15) is 9.90 Å². The highest BCUT2D eigenvalue weighted by atomic mass is 16.3. The van der Waals surface area contributed by atoms with Crippen LogP contribution in [0.3, 0.4) is 0 Å². The highest BCUT2D eigenvalue weighted by Crippen LogP contribution is 2.25. The second-order valence-corrected chi connectivity index (χ2v) is 3.62. The molecule has 0 atom stereocenters. The maximum atomic E-state index is 10.7. The van der Waals surface area contributed by atoms with Crippen molar-refractivity contribution in [1.29, 1.82) is 5.26 Å². The number of hydrogen-bond acceptors (Lipinski definition) is 3. The van der Waals surface area contributed by atoms with Crippen LogP contribution < -0.4 is 0 Å². The summed E-state index contributed by atoms with van der Waals surface area (Å²) in [5.41, 5.74) is 2.45. The maximum Gasteiger partial charge on any atom is 0.150 e. The molecule has 0 heterocycles. The van der Waals surface area contributed by atoms with Crippen LogP contribution in [0.2, 0.25) is 0 Å². The van der Waals surface area contributed by atoms with Gasteiger partial charge < -0.3 is 5.11 Å². The molecule has 0 aromatic heterocycles. The van der Waals surface area contributed by atoms with Crippen molar-refractivity contribution in [2.75, 3.05) is 0 Å². The van der Waals surface area contributed by atoms with Gasteiger partial charge in [-0.05, 0) is 35.4 Å². The molecule has 17 heavy (non-hydrogen) atoms. The third kappa shape index (κ3) is 2.32. The third-order valence-corrected chi connectivity index (χ3v) is 2.40. The summed E-state index contributed by atoms with van der Waals surface area (Å²) in [7, 11) is 0. The lowest BCUT2D eigenvalue weighted by atomic mass is 10.0. The zero-order chi connectivity index (χ0) is 12.3. The number of hydrogen-bond donors (Lipinski definition) is 1. The summed E-state index contributed by atoms with van der Waals surface area (Å²) >= 11 is 0. The van der Waals surface area contributed by atoms with Crippen LogP contribution in [0, 0.1) is 11.3 Å². The smallest absolute Gasteiger partial charge is 0.150 e. The molecule has 0 aliphatic carbocycles. The molecule has 3 nitrogen and oxygen atoms in total. The first kappa shape index (κ1) is 10.9. The largest absolute Gasteiger partial charge is 0.508 e. The molecule has 2 aromatic rings. The molecular formula is C14H9NO2. The Labute approximate surface area is 98.6 Å². The molecule has 0 fully saturated rings. The molecule has 0 spiro atoms. The van der Waals surface area contributed by atoms with E-state index in [1.807, 2.05) is 12.1 Å². The fourth-order valence-corrected chi connectivity index (χ4v) is 1.63. The van der Waals surface area contributed by atoms with Crippen molar-refractivity contribution in [3.63, 3.8) is 0 Å². The number of aldehydes is 1. The van der Waals surface area contributed by atoms with Crippen molar-refractivity contribution in [3.8, 4) is 22.9 Å². The third-order valence-electron chi connectivity index (χ3n) is 2.40. The van der Waals surface area contributed by atoms with Crippen LogP contribution >= 0.6 is 0 Å². The lowest BCUT2D eigenvalue weighted by Gasteiger charge is -2.04. The lowest BCUT2D eigenvalue weighted by molar-refractivity contribution is 0.112. The molecule has 0 radical (unpaired) electrons. The lowest BCUT2D eigenvalue weighted by Crippen LogP contribution is -1.84. The molecule has 3 heteroatoms. The van der Waals surface area contributed by atoms with E-state index in [1.165, 1.54) is 6.07 Å². The monoisotopic (exact) mass is 223 g/mol. The molecule has 1 N–H and O–H groups in total. The highest BCUT2D eigenvalue weighted by molar-refractivity contribution is 5.79. The summed E-state index contributed by atoms with van der Waals surface area (Å²) < 4.78 is 0. The quantitative estimate of drug-likeness (QED) is 0.796. The minimum absolute atomic E-state index is 0.0376. The minimum Gasteiger partial charge on any atom is -0.508 e. The summed E-state index contributed by atoms with van der Waals surface area (Å²) in [6, 6.07) is 13.6. The van der Waals surface area contributed by atoms with Crippen molar-refractivity contribution >= 4 is 6.29 Å². The number of benzene rings is 2. The average Bonchev–Trinajstić information content (AvgIpc) is 2.38. The number of nitrogens with zero attached hydrogens (tertiary/aromatic N) is 1. The molecule has 0 amide bonds. The SMILES string of the molecule is N#Cc1cc(O)cc(-c2cccc(C=O)c2)c1. The standard InChI is InChI=1S/C14H9NO2/c15-8-11-5-13(7-14(17)6-11)12-3-1-2-10(4-12)9-16/h1-7,9,17H. The second kappa shape index (κ2) is 4.50. The van der Waals surface area contributed by atoms with E-state index in [-0.39, 0.29) is 5.75 Å². The molecule has 0 bridgehead atoms. The average molecular weight is 223 g/mol. The topological polar surface area (TPSA) is 61.1 Å². The van der Waals surface area contributed by atoms with E-state index in [0.29, 0.717) is 16.7 Å². The maximum absolute atomic E-state index is 10.7. The number of nitriles is 1. The Kier molecular flexibility index (Phi) is 2.89. The number of carbonyl (C=O) groups is 1. The fraction of sp³-hybridized carbons (Fsp3) is 0. The van der Waals surface area contributed by atoms with Crippen LogP contribution in [0.1, 0.15) is 15.9 Å². The first-order valence-corrected chi connectivity index (χ1v) is 5.03. The van der Waals surface area contributed by atoms with Crippen LogP contribution in [0.4, 0.5) is 0 Å². The Morgan fingerprint density at radius 1 is 1.12 bits per heavy atom. The van der Waals surface area contributed by atoms with Crippen LogP contribution in [-0.2, 0) is 0 Å². The van der Waals surface area contributed by atoms with Gasteiger partial charge in [0.05, 0.1) is 11.6 Å². The van der Waals surface area contributed by atoms with Crippen molar-refractivity contribution < 1.29 is 9.90 Å². The Morgan fingerprint density at radius 2 is 1.94 bits per heavy atom. The van der Waals surface area contributed by atoms with E-state index in [1.54, 1.807) is 30.3 Å². The van der Waals surface area contributed by atoms with Crippen LogP contribution in [0.15, 0.2) is 42.5 Å². The van der Waals surface area contributed by atoms with Gasteiger partial charge in [-0.3, -0.25) is 4.79 Å². The van der Waals surface area contributed by atoms with Crippen LogP contribution in [-0.4, -0.2) is 11.4 Å². The molecule has 0 aliphatic rings. The van der Waals surface area contributed by atoms with Gasteiger partial charge in [0.1, 0.15) is 12.0 Å². The molecule has 2 aromatic carbocycles. The fourth-order valence-electron chi connectivity index (χ4n) is 1.63. The number of rotatable bonds is 2. The van der Waals surface area contributed by atoms with Gasteiger partial charge in [0.15, 0.2) is 0 Å². The second-order valence-electron chi connectivity index (χ2n) is 3.62. The van der Waals surface area contributed by atoms with Gasteiger partial charge >= 0.3 is 0 Å². The first-order chi connectivity index (χ1) is 8.22. The zero-order valence-corrected chi connectivity index (χ0v) is 8.92. The molecule has 0 saturated carbocycles. The molecule has 0 saturated heterocycles. The Hall–Kier alpha value is -2.60. The summed E-state index contributed by atoms with van der Waals surface area (Å²) in [5, 5.41) is 18.3. The van der Waals surface area contributed by atoms with Crippen LogP contribution in [0.5, 0.6) is 5.75 Å². The summed E-state index contributed by atoms with van der Waals surface area (Å²) in [6.45, 7) is 0. The van der Waals surface area contributed by atoms with E-state index in [2.05, 4.69) is 0 Å². The van der Waals surface area contributed by atoms with E-state index in [4.69, 9.17) is 5.26 Å². The number of carbonyl (C=O) groups excluding carboxylic acids is 1. The van der Waals surface area contributed by atoms with Gasteiger partial charge in [-0.2, -0.15) is 5.26 Å². The summed E-state index contributed by atoms with van der Waals surface area (Å²) in [5.74, 6) is 0.0376. The van der Waals surface area contributed by atoms with E-state index in [0.717, 1.165) is 11.8 Å². The Morgan fingerprint density at radius 3 is 2.65 bits per heavy atom. The van der Waals surface area contributed by atoms with Gasteiger partial charge in [-0.15, -0.1) is 0 Å².